The lowest BCUT2D eigenvalue weighted by Gasteiger charge is -2.08. The van der Waals surface area contributed by atoms with Crippen LogP contribution in [0.3, 0.4) is 0 Å². The van der Waals surface area contributed by atoms with Crippen LogP contribution in [-0.2, 0) is 6.42 Å². The number of aromatic nitrogens is 2. The molecule has 0 aliphatic heterocycles. The molecule has 0 saturated carbocycles. The van der Waals surface area contributed by atoms with Crippen molar-refractivity contribution in [1.82, 2.24) is 9.78 Å². The van der Waals surface area contributed by atoms with Gasteiger partial charge in [-0.05, 0) is 31.0 Å². The second-order valence-electron chi connectivity index (χ2n) is 3.89. The number of nitrogens with zero attached hydrogens (tertiary/aromatic N) is 2. The first kappa shape index (κ1) is 11.4. The van der Waals surface area contributed by atoms with Gasteiger partial charge in [0, 0.05) is 16.7 Å². The number of hydrogen-bond acceptors (Lipinski definition) is 1. The van der Waals surface area contributed by atoms with Gasteiger partial charge in [-0.3, -0.25) is 0 Å². The second kappa shape index (κ2) is 5.30. The molecule has 0 bridgehead atoms. The molecule has 0 saturated heterocycles. The molecule has 0 aliphatic carbocycles. The minimum atomic E-state index is 0.548. The smallest absolute Gasteiger partial charge is 0.0648 e. The molecule has 3 heteroatoms. The molecule has 0 fully saturated rings. The van der Waals surface area contributed by atoms with Gasteiger partial charge in [0.25, 0.3) is 0 Å². The van der Waals surface area contributed by atoms with E-state index in [9.17, 15) is 0 Å². The Bertz CT molecular complexity index is 434. The van der Waals surface area contributed by atoms with Crippen LogP contribution in [0.25, 0.3) is 5.69 Å². The molecule has 1 aromatic heterocycles. The Hall–Kier alpha value is -1.09. The first-order valence-electron chi connectivity index (χ1n) is 5.50. The van der Waals surface area contributed by atoms with Crippen LogP contribution in [0, 0.1) is 0 Å². The van der Waals surface area contributed by atoms with E-state index in [1.807, 2.05) is 29.1 Å². The standard InChI is InChI=1S/C13H15BrN2/c1-11(14)7-8-13-9-10-15-16(13)12-5-3-2-4-6-12/h2-6,9-11H,7-8H2,1H3. The molecule has 2 nitrogen and oxygen atoms in total. The zero-order valence-corrected chi connectivity index (χ0v) is 10.9. The molecule has 0 amide bonds. The van der Waals surface area contributed by atoms with Crippen molar-refractivity contribution in [2.24, 2.45) is 0 Å². The summed E-state index contributed by atoms with van der Waals surface area (Å²) in [6, 6.07) is 12.3. The summed E-state index contributed by atoms with van der Waals surface area (Å²) in [4.78, 5) is 0.548. The van der Waals surface area contributed by atoms with E-state index in [2.05, 4.69) is 46.2 Å². The summed E-state index contributed by atoms with van der Waals surface area (Å²) in [5, 5.41) is 4.37. The number of alkyl halides is 1. The predicted octanol–water partition coefficient (Wildman–Crippen LogP) is 3.59. The molecule has 1 heterocycles. The highest BCUT2D eigenvalue weighted by Crippen LogP contribution is 2.14. The van der Waals surface area contributed by atoms with E-state index in [1.54, 1.807) is 0 Å². The van der Waals surface area contributed by atoms with Crippen LogP contribution in [0.5, 0.6) is 0 Å². The molecule has 0 spiro atoms. The zero-order chi connectivity index (χ0) is 11.4. The lowest BCUT2D eigenvalue weighted by molar-refractivity contribution is 0.742. The molecular formula is C13H15BrN2. The van der Waals surface area contributed by atoms with Crippen molar-refractivity contribution >= 4 is 15.9 Å². The monoisotopic (exact) mass is 278 g/mol. The van der Waals surface area contributed by atoms with Gasteiger partial charge in [-0.25, -0.2) is 4.68 Å². The Labute approximate surface area is 104 Å². The molecule has 0 N–H and O–H groups in total. The minimum Gasteiger partial charge on any atom is -0.238 e. The van der Waals surface area contributed by atoms with E-state index in [-0.39, 0.29) is 0 Å². The van der Waals surface area contributed by atoms with Crippen molar-refractivity contribution in [3.8, 4) is 5.69 Å². The van der Waals surface area contributed by atoms with Crippen LogP contribution >= 0.6 is 15.9 Å². The highest BCUT2D eigenvalue weighted by Gasteiger charge is 2.05. The minimum absolute atomic E-state index is 0.548. The van der Waals surface area contributed by atoms with E-state index in [1.165, 1.54) is 5.69 Å². The van der Waals surface area contributed by atoms with Crippen LogP contribution in [0.4, 0.5) is 0 Å². The first-order valence-corrected chi connectivity index (χ1v) is 6.41. The topological polar surface area (TPSA) is 17.8 Å². The molecule has 1 atom stereocenters. The fourth-order valence-corrected chi connectivity index (χ4v) is 1.90. The molecule has 16 heavy (non-hydrogen) atoms. The summed E-state index contributed by atoms with van der Waals surface area (Å²) >= 11 is 3.57. The number of benzene rings is 1. The number of para-hydroxylation sites is 1. The number of halogens is 1. The Kier molecular flexibility index (Phi) is 3.78. The van der Waals surface area contributed by atoms with Crippen LogP contribution in [-0.4, -0.2) is 14.6 Å². The summed E-state index contributed by atoms with van der Waals surface area (Å²) in [5.41, 5.74) is 2.39. The Morgan fingerprint density at radius 1 is 1.25 bits per heavy atom. The average Bonchev–Trinajstić information content (AvgIpc) is 2.75. The molecule has 84 valence electrons. The quantitative estimate of drug-likeness (QED) is 0.782. The summed E-state index contributed by atoms with van der Waals surface area (Å²) in [6.07, 6.45) is 4.03. The average molecular weight is 279 g/mol. The predicted molar refractivity (Wildman–Crippen MR) is 70.3 cm³/mol. The first-order chi connectivity index (χ1) is 7.77. The summed E-state index contributed by atoms with van der Waals surface area (Å²) < 4.78 is 2.01. The highest BCUT2D eigenvalue weighted by molar-refractivity contribution is 9.09. The lowest BCUT2D eigenvalue weighted by atomic mass is 10.2. The Morgan fingerprint density at radius 3 is 2.69 bits per heavy atom. The van der Waals surface area contributed by atoms with E-state index in [0.29, 0.717) is 4.83 Å². The Balaban J connectivity index is 2.19. The van der Waals surface area contributed by atoms with Crippen LogP contribution in [0.2, 0.25) is 0 Å². The summed E-state index contributed by atoms with van der Waals surface area (Å²) in [5.74, 6) is 0. The summed E-state index contributed by atoms with van der Waals surface area (Å²) in [7, 11) is 0. The van der Waals surface area contributed by atoms with Crippen LogP contribution < -0.4 is 0 Å². The third-order valence-electron chi connectivity index (χ3n) is 2.52. The maximum atomic E-state index is 4.37. The Morgan fingerprint density at radius 2 is 2.00 bits per heavy atom. The van der Waals surface area contributed by atoms with Gasteiger partial charge in [0.15, 0.2) is 0 Å². The van der Waals surface area contributed by atoms with E-state index >= 15 is 0 Å². The van der Waals surface area contributed by atoms with Gasteiger partial charge in [-0.2, -0.15) is 5.10 Å². The third-order valence-corrected chi connectivity index (χ3v) is 2.98. The van der Waals surface area contributed by atoms with Crippen molar-refractivity contribution in [3.63, 3.8) is 0 Å². The van der Waals surface area contributed by atoms with Gasteiger partial charge in [0.2, 0.25) is 0 Å². The highest BCUT2D eigenvalue weighted by atomic mass is 79.9. The van der Waals surface area contributed by atoms with Crippen molar-refractivity contribution in [3.05, 3.63) is 48.3 Å². The van der Waals surface area contributed by atoms with Crippen molar-refractivity contribution in [1.29, 1.82) is 0 Å². The SMILES string of the molecule is CC(Br)CCc1ccnn1-c1ccccc1. The van der Waals surface area contributed by atoms with Gasteiger partial charge in [0.1, 0.15) is 0 Å². The van der Waals surface area contributed by atoms with Crippen LogP contribution in [0.1, 0.15) is 19.0 Å². The second-order valence-corrected chi connectivity index (χ2v) is 5.45. The number of hydrogen-bond donors (Lipinski definition) is 0. The lowest BCUT2D eigenvalue weighted by Crippen LogP contribution is -2.03. The fraction of sp³-hybridized carbons (Fsp3) is 0.308. The number of aryl methyl sites for hydroxylation is 1. The molecular weight excluding hydrogens is 264 g/mol. The van der Waals surface area contributed by atoms with Crippen LogP contribution in [0.15, 0.2) is 42.6 Å². The molecule has 2 aromatic rings. The van der Waals surface area contributed by atoms with Gasteiger partial charge in [-0.1, -0.05) is 41.1 Å². The molecule has 0 aliphatic rings. The molecule has 2 rings (SSSR count). The van der Waals surface area contributed by atoms with Crippen molar-refractivity contribution < 1.29 is 0 Å². The van der Waals surface area contributed by atoms with Gasteiger partial charge >= 0.3 is 0 Å². The van der Waals surface area contributed by atoms with Gasteiger partial charge < -0.3 is 0 Å². The fourth-order valence-electron chi connectivity index (χ4n) is 1.67. The van der Waals surface area contributed by atoms with E-state index in [0.717, 1.165) is 18.5 Å². The van der Waals surface area contributed by atoms with E-state index < -0.39 is 0 Å². The van der Waals surface area contributed by atoms with Gasteiger partial charge in [-0.15, -0.1) is 0 Å². The summed E-state index contributed by atoms with van der Waals surface area (Å²) in [6.45, 7) is 2.17. The van der Waals surface area contributed by atoms with Crippen molar-refractivity contribution in [2.45, 2.75) is 24.6 Å². The maximum Gasteiger partial charge on any atom is 0.0648 e. The maximum absolute atomic E-state index is 4.37. The normalized spacial score (nSPS) is 12.6. The molecule has 1 aromatic carbocycles. The van der Waals surface area contributed by atoms with E-state index in [4.69, 9.17) is 0 Å². The molecule has 1 unspecified atom stereocenters. The molecule has 0 radical (unpaired) electrons. The largest absolute Gasteiger partial charge is 0.238 e. The third kappa shape index (κ3) is 2.73. The number of rotatable bonds is 4. The zero-order valence-electron chi connectivity index (χ0n) is 9.31. The van der Waals surface area contributed by atoms with Gasteiger partial charge in [0.05, 0.1) is 5.69 Å². The van der Waals surface area contributed by atoms with Crippen molar-refractivity contribution in [2.75, 3.05) is 0 Å².